The molecule has 4 amide bonds. The van der Waals surface area contributed by atoms with Gasteiger partial charge in [-0.2, -0.15) is 0 Å². The lowest BCUT2D eigenvalue weighted by Gasteiger charge is -2.30. The number of amides is 4. The second kappa shape index (κ2) is 15.6. The number of aromatic nitrogens is 2. The Morgan fingerprint density at radius 1 is 0.929 bits per heavy atom. The van der Waals surface area contributed by atoms with Gasteiger partial charge in [-0.3, -0.25) is 19.1 Å². The maximum atomic E-state index is 14.7. The molecule has 14 nitrogen and oxygen atoms in total. The summed E-state index contributed by atoms with van der Waals surface area (Å²) in [5.41, 5.74) is 0.676. The normalized spacial score (nSPS) is 33.0. The first-order chi connectivity index (χ1) is 26.9. The summed E-state index contributed by atoms with van der Waals surface area (Å²) in [4.78, 5) is 67.9. The van der Waals surface area contributed by atoms with Crippen molar-refractivity contribution in [2.75, 3.05) is 6.54 Å². The topological polar surface area (TPSA) is 186 Å². The number of allylic oxidation sites excluding steroid dienone is 2. The lowest BCUT2D eigenvalue weighted by atomic mass is 9.97. The van der Waals surface area contributed by atoms with Crippen molar-refractivity contribution < 1.29 is 37.1 Å². The molecule has 1 unspecified atom stereocenters. The third-order valence-corrected chi connectivity index (χ3v) is 15.2. The smallest absolute Gasteiger partial charge is 0.408 e. The zero-order valence-corrected chi connectivity index (χ0v) is 33.0. The van der Waals surface area contributed by atoms with Gasteiger partial charge in [-0.05, 0) is 114 Å². The molecular formula is C41H54N6O8S. The van der Waals surface area contributed by atoms with Crippen molar-refractivity contribution in [1.82, 2.24) is 30.2 Å². The Morgan fingerprint density at radius 3 is 2.50 bits per heavy atom. The number of carbonyl (C=O) groups is 4. The van der Waals surface area contributed by atoms with Gasteiger partial charge in [0, 0.05) is 6.42 Å². The number of benzene rings is 1. The maximum absolute atomic E-state index is 14.7. The summed E-state index contributed by atoms with van der Waals surface area (Å²) in [7, 11) is -3.97. The zero-order chi connectivity index (χ0) is 39.1. The van der Waals surface area contributed by atoms with Crippen LogP contribution >= 0.6 is 0 Å². The highest BCUT2D eigenvalue weighted by molar-refractivity contribution is 7.91. The Labute approximate surface area is 328 Å². The monoisotopic (exact) mass is 790 g/mol. The molecule has 302 valence electrons. The van der Waals surface area contributed by atoms with Crippen molar-refractivity contribution >= 4 is 44.9 Å². The van der Waals surface area contributed by atoms with E-state index in [2.05, 4.69) is 15.4 Å². The Kier molecular flexibility index (Phi) is 10.7. The molecule has 4 fully saturated rings. The number of aryl methyl sites for hydroxylation is 1. The van der Waals surface area contributed by atoms with Gasteiger partial charge in [0.05, 0.1) is 22.3 Å². The molecule has 4 heterocycles. The van der Waals surface area contributed by atoms with Crippen molar-refractivity contribution in [3.8, 4) is 5.88 Å². The Bertz CT molecular complexity index is 2000. The molecule has 0 radical (unpaired) electrons. The van der Waals surface area contributed by atoms with Crippen molar-refractivity contribution in [3.05, 3.63) is 42.1 Å². The summed E-state index contributed by atoms with van der Waals surface area (Å²) in [6, 6.07) is 5.56. The number of hydrogen-bond acceptors (Lipinski definition) is 10. The fraction of sp³-hybridized carbons (Fsp3) is 0.659. The highest BCUT2D eigenvalue weighted by atomic mass is 32.2. The molecule has 56 heavy (non-hydrogen) atoms. The number of sulfonamides is 1. The van der Waals surface area contributed by atoms with Crippen LogP contribution in [0.25, 0.3) is 11.0 Å². The van der Waals surface area contributed by atoms with Crippen LogP contribution in [0.1, 0.15) is 115 Å². The number of para-hydroxylation sites is 2. The Morgan fingerprint density at radius 2 is 1.70 bits per heavy atom. The summed E-state index contributed by atoms with van der Waals surface area (Å²) in [6.45, 7) is 1.63. The molecule has 1 saturated heterocycles. The lowest BCUT2D eigenvalue weighted by molar-refractivity contribution is -0.141. The average molecular weight is 791 g/mol. The Balaban J connectivity index is 1.13. The van der Waals surface area contributed by atoms with Crippen LogP contribution in [0.5, 0.6) is 5.88 Å². The van der Waals surface area contributed by atoms with E-state index in [1.54, 1.807) is 6.92 Å². The number of carbonyl (C=O) groups excluding carboxylic acids is 4. The first-order valence-electron chi connectivity index (χ1n) is 20.7. The highest BCUT2D eigenvalue weighted by Crippen LogP contribution is 2.48. The molecule has 3 N–H and O–H groups in total. The van der Waals surface area contributed by atoms with Crippen LogP contribution in [0.4, 0.5) is 4.79 Å². The van der Waals surface area contributed by atoms with E-state index in [1.807, 2.05) is 36.4 Å². The van der Waals surface area contributed by atoms with Gasteiger partial charge in [0.2, 0.25) is 27.7 Å². The third kappa shape index (κ3) is 7.97. The third-order valence-electron chi connectivity index (χ3n) is 13.0. The molecule has 3 aliphatic heterocycles. The first-order valence-corrected chi connectivity index (χ1v) is 22.2. The maximum Gasteiger partial charge on any atom is 0.408 e. The molecule has 15 heteroatoms. The molecular weight excluding hydrogens is 737 g/mol. The predicted molar refractivity (Wildman–Crippen MR) is 207 cm³/mol. The molecule has 1 aromatic heterocycles. The van der Waals surface area contributed by atoms with Crippen LogP contribution < -0.4 is 20.1 Å². The minimum Gasteiger partial charge on any atom is -0.471 e. The molecule has 1 aromatic carbocycles. The summed E-state index contributed by atoms with van der Waals surface area (Å²) in [5.74, 6) is -1.49. The van der Waals surface area contributed by atoms with Gasteiger partial charge in [-0.1, -0.05) is 43.5 Å². The number of nitrogens with one attached hydrogen (secondary N) is 3. The number of hydrogen-bond donors (Lipinski definition) is 3. The molecule has 3 saturated carbocycles. The van der Waals surface area contributed by atoms with Crippen molar-refractivity contribution in [3.63, 3.8) is 0 Å². The minimum atomic E-state index is -3.97. The second-order valence-electron chi connectivity index (χ2n) is 17.1. The summed E-state index contributed by atoms with van der Waals surface area (Å²) in [6.07, 6.45) is 13.8. The van der Waals surface area contributed by atoms with Gasteiger partial charge in [0.25, 0.3) is 5.91 Å². The summed E-state index contributed by atoms with van der Waals surface area (Å²) in [5, 5.41) is 5.84. The summed E-state index contributed by atoms with van der Waals surface area (Å²) >= 11 is 0. The van der Waals surface area contributed by atoms with Gasteiger partial charge in [-0.25, -0.2) is 23.2 Å². The Hall–Kier alpha value is -4.27. The molecule has 8 rings (SSSR count). The van der Waals surface area contributed by atoms with Gasteiger partial charge in [0.1, 0.15) is 35.5 Å². The zero-order valence-electron chi connectivity index (χ0n) is 32.2. The number of fused-ring (bicyclic) bond motifs is 6. The quantitative estimate of drug-likeness (QED) is 0.367. The fourth-order valence-corrected chi connectivity index (χ4v) is 10.4. The van der Waals surface area contributed by atoms with Gasteiger partial charge in [0.15, 0.2) is 0 Å². The SMILES string of the molecule is CC1(S(=O)(=O)NC(=O)C23C[C@@H]2C/C=C/CCCC[C@@H]2NC(=O)O[C@@H]4CCC[C@H]4CCCCCc4nc5ccccc5nc4O[C@@H]4C[C@@H](C(=O)N3)N(C4)C2=O)CC1. The van der Waals surface area contributed by atoms with Crippen molar-refractivity contribution in [2.24, 2.45) is 11.8 Å². The lowest BCUT2D eigenvalue weighted by Crippen LogP contribution is -2.58. The largest absolute Gasteiger partial charge is 0.471 e. The second-order valence-corrected chi connectivity index (χ2v) is 19.3. The number of nitrogens with zero attached hydrogens (tertiary/aromatic N) is 3. The van der Waals surface area contributed by atoms with E-state index in [4.69, 9.17) is 19.4 Å². The standard InChI is InChI=1S/C41H54N6O8S/c1-40(21-22-40)56(52,53)46-38(50)41-24-27(41)15-7-3-2-4-8-19-32-37(49)47-25-28(23-33(47)35(48)45-41)54-36-31(42-29-16-10-11-17-30(29)43-36)18-9-5-6-13-26-14-12-20-34(26)55-39(51)44-32/h3,7,10-11,16-17,26-28,32-34H,2,4-6,8-9,12-15,18-25H2,1H3,(H,44,51)(H,45,48)(H,46,50)/b7-3+/t26-,27+,28-,32+,33+,34-,41?/m1/s1. The molecule has 6 aliphatic rings. The van der Waals surface area contributed by atoms with E-state index in [1.165, 1.54) is 4.90 Å². The van der Waals surface area contributed by atoms with Crippen LogP contribution in [-0.4, -0.2) is 88.2 Å². The van der Waals surface area contributed by atoms with Crippen molar-refractivity contribution in [1.29, 1.82) is 0 Å². The molecule has 3 bridgehead atoms. The number of rotatable bonds is 3. The molecule has 2 aromatic rings. The van der Waals surface area contributed by atoms with E-state index in [9.17, 15) is 27.6 Å². The van der Waals surface area contributed by atoms with E-state index in [-0.39, 0.29) is 37.3 Å². The van der Waals surface area contributed by atoms with E-state index in [0.717, 1.165) is 63.3 Å². The summed E-state index contributed by atoms with van der Waals surface area (Å²) < 4.78 is 40.3. The minimum absolute atomic E-state index is 0.0275. The van der Waals surface area contributed by atoms with E-state index in [0.29, 0.717) is 55.6 Å². The number of ether oxygens (including phenoxy) is 2. The van der Waals surface area contributed by atoms with Crippen LogP contribution in [0.2, 0.25) is 0 Å². The molecule has 7 atom stereocenters. The van der Waals surface area contributed by atoms with Crippen molar-refractivity contribution in [2.45, 2.75) is 151 Å². The van der Waals surface area contributed by atoms with Crippen LogP contribution in [0.15, 0.2) is 36.4 Å². The molecule has 3 aliphatic carbocycles. The van der Waals surface area contributed by atoms with Gasteiger partial charge >= 0.3 is 6.09 Å². The van der Waals surface area contributed by atoms with Crippen LogP contribution in [-0.2, 0) is 35.6 Å². The van der Waals surface area contributed by atoms with Gasteiger partial charge < -0.3 is 25.0 Å². The highest BCUT2D eigenvalue weighted by Gasteiger charge is 2.63. The fourth-order valence-electron chi connectivity index (χ4n) is 9.12. The predicted octanol–water partition coefficient (Wildman–Crippen LogP) is 4.75. The van der Waals surface area contributed by atoms with E-state index >= 15 is 0 Å². The van der Waals surface area contributed by atoms with Crippen LogP contribution in [0.3, 0.4) is 0 Å². The average Bonchev–Trinajstić information content (AvgIpc) is 3.97. The number of alkyl carbamates (subject to hydrolysis) is 1. The first kappa shape index (κ1) is 38.6. The molecule has 0 spiro atoms. The van der Waals surface area contributed by atoms with E-state index < -0.39 is 62.3 Å². The van der Waals surface area contributed by atoms with Crippen LogP contribution in [0, 0.1) is 11.8 Å². The van der Waals surface area contributed by atoms with Gasteiger partial charge in [-0.15, -0.1) is 0 Å².